The van der Waals surface area contributed by atoms with Crippen LogP contribution in [0.1, 0.15) is 26.2 Å². The minimum atomic E-state index is -0.180. The molecule has 0 amide bonds. The molecule has 0 aliphatic heterocycles. The maximum absolute atomic E-state index is 12.8. The summed E-state index contributed by atoms with van der Waals surface area (Å²) in [7, 11) is 0. The number of aliphatic imine (C=N–C) groups is 1. The summed E-state index contributed by atoms with van der Waals surface area (Å²) >= 11 is 1.74. The Bertz CT molecular complexity index is 429. The third kappa shape index (κ3) is 5.82. The summed E-state index contributed by atoms with van der Waals surface area (Å²) in [6.07, 6.45) is 3.53. The van der Waals surface area contributed by atoms with Gasteiger partial charge in [-0.1, -0.05) is 0 Å². The van der Waals surface area contributed by atoms with Crippen LogP contribution in [0.5, 0.6) is 0 Å². The molecule has 20 heavy (non-hydrogen) atoms. The van der Waals surface area contributed by atoms with Gasteiger partial charge in [-0.25, -0.2) is 4.39 Å². The highest BCUT2D eigenvalue weighted by atomic mass is 32.2. The maximum atomic E-state index is 12.8. The number of halogens is 1. The lowest BCUT2D eigenvalue weighted by atomic mass is 10.4. The van der Waals surface area contributed by atoms with Crippen molar-refractivity contribution in [2.45, 2.75) is 37.1 Å². The first kappa shape index (κ1) is 15.2. The first-order valence-electron chi connectivity index (χ1n) is 7.21. The molecule has 0 atom stereocenters. The molecule has 110 valence electrons. The van der Waals surface area contributed by atoms with Gasteiger partial charge in [-0.05, 0) is 56.2 Å². The third-order valence-electron chi connectivity index (χ3n) is 2.92. The van der Waals surface area contributed by atoms with Gasteiger partial charge in [0.25, 0.3) is 0 Å². The van der Waals surface area contributed by atoms with Gasteiger partial charge in [0.15, 0.2) is 5.96 Å². The number of thioether (sulfide) groups is 1. The molecule has 1 aromatic carbocycles. The normalized spacial score (nSPS) is 15.2. The first-order valence-corrected chi connectivity index (χ1v) is 8.19. The molecule has 0 aromatic heterocycles. The molecular weight excluding hydrogens is 273 g/mol. The van der Waals surface area contributed by atoms with Gasteiger partial charge in [-0.3, -0.25) is 4.99 Å². The minimum Gasteiger partial charge on any atom is -0.357 e. The van der Waals surface area contributed by atoms with E-state index in [2.05, 4.69) is 22.5 Å². The number of hydrogen-bond donors (Lipinski definition) is 2. The Morgan fingerprint density at radius 1 is 1.35 bits per heavy atom. The highest BCUT2D eigenvalue weighted by Crippen LogP contribution is 2.19. The summed E-state index contributed by atoms with van der Waals surface area (Å²) in [5, 5.41) is 6.66. The molecule has 1 aromatic rings. The molecule has 0 heterocycles. The molecular formula is C15H22FN3S. The van der Waals surface area contributed by atoms with E-state index in [4.69, 9.17) is 0 Å². The third-order valence-corrected chi connectivity index (χ3v) is 4.02. The van der Waals surface area contributed by atoms with Crippen LogP contribution in [0.2, 0.25) is 0 Å². The molecule has 2 N–H and O–H groups in total. The first-order chi connectivity index (χ1) is 9.78. The van der Waals surface area contributed by atoms with Crippen molar-refractivity contribution in [2.24, 2.45) is 4.99 Å². The summed E-state index contributed by atoms with van der Waals surface area (Å²) in [6, 6.07) is 7.28. The fraction of sp³-hybridized carbons (Fsp3) is 0.533. The predicted octanol–water partition coefficient (Wildman–Crippen LogP) is 3.03. The standard InChI is InChI=1S/C15H22FN3S/c1-2-17-15(19-13-6-7-13)18-10-3-11-20-14-8-4-12(16)5-9-14/h4-5,8-9,13H,2-3,6-7,10-11H2,1H3,(H2,17,18,19). The fourth-order valence-corrected chi connectivity index (χ4v) is 2.55. The van der Waals surface area contributed by atoms with Crippen LogP contribution < -0.4 is 10.6 Å². The summed E-state index contributed by atoms with van der Waals surface area (Å²) < 4.78 is 12.8. The highest BCUT2D eigenvalue weighted by Gasteiger charge is 2.21. The molecule has 0 radical (unpaired) electrons. The van der Waals surface area contributed by atoms with Gasteiger partial charge in [-0.15, -0.1) is 11.8 Å². The zero-order chi connectivity index (χ0) is 14.2. The van der Waals surface area contributed by atoms with Crippen LogP contribution in [0, 0.1) is 5.82 Å². The van der Waals surface area contributed by atoms with Gasteiger partial charge in [0.2, 0.25) is 0 Å². The van der Waals surface area contributed by atoms with Crippen molar-refractivity contribution in [3.8, 4) is 0 Å². The Hall–Kier alpha value is -1.23. The van der Waals surface area contributed by atoms with Crippen molar-refractivity contribution in [3.63, 3.8) is 0 Å². The molecule has 1 saturated carbocycles. The van der Waals surface area contributed by atoms with Crippen molar-refractivity contribution in [2.75, 3.05) is 18.8 Å². The summed E-state index contributed by atoms with van der Waals surface area (Å²) in [4.78, 5) is 5.67. The number of guanidine groups is 1. The second-order valence-electron chi connectivity index (χ2n) is 4.84. The molecule has 3 nitrogen and oxygen atoms in total. The quantitative estimate of drug-likeness (QED) is 0.351. The van der Waals surface area contributed by atoms with Crippen LogP contribution in [-0.4, -0.2) is 30.8 Å². The van der Waals surface area contributed by atoms with E-state index in [1.54, 1.807) is 11.8 Å². The van der Waals surface area contributed by atoms with Gasteiger partial charge in [0, 0.05) is 24.0 Å². The van der Waals surface area contributed by atoms with E-state index in [0.717, 1.165) is 36.1 Å². The minimum absolute atomic E-state index is 0.180. The van der Waals surface area contributed by atoms with E-state index in [-0.39, 0.29) is 5.82 Å². The predicted molar refractivity (Wildman–Crippen MR) is 83.9 cm³/mol. The van der Waals surface area contributed by atoms with Crippen LogP contribution in [0.15, 0.2) is 34.2 Å². The second-order valence-corrected chi connectivity index (χ2v) is 6.00. The Kier molecular flexibility index (Phi) is 6.18. The molecule has 5 heteroatoms. The topological polar surface area (TPSA) is 36.4 Å². The second kappa shape index (κ2) is 8.15. The number of rotatable bonds is 7. The van der Waals surface area contributed by atoms with Crippen LogP contribution in [-0.2, 0) is 0 Å². The fourth-order valence-electron chi connectivity index (χ4n) is 1.72. The molecule has 1 fully saturated rings. The van der Waals surface area contributed by atoms with Crippen LogP contribution in [0.25, 0.3) is 0 Å². The zero-order valence-corrected chi connectivity index (χ0v) is 12.7. The summed E-state index contributed by atoms with van der Waals surface area (Å²) in [5.41, 5.74) is 0. The lowest BCUT2D eigenvalue weighted by Crippen LogP contribution is -2.38. The molecule has 1 aliphatic carbocycles. The van der Waals surface area contributed by atoms with Gasteiger partial charge >= 0.3 is 0 Å². The molecule has 0 saturated heterocycles. The van der Waals surface area contributed by atoms with Crippen LogP contribution in [0.3, 0.4) is 0 Å². The lowest BCUT2D eigenvalue weighted by Gasteiger charge is -2.09. The lowest BCUT2D eigenvalue weighted by molar-refractivity contribution is 0.626. The van der Waals surface area contributed by atoms with E-state index in [9.17, 15) is 4.39 Å². The SMILES string of the molecule is CCNC(=NCCCSc1ccc(F)cc1)NC1CC1. The van der Waals surface area contributed by atoms with Crippen LogP contribution >= 0.6 is 11.8 Å². The van der Waals surface area contributed by atoms with Gasteiger partial charge in [-0.2, -0.15) is 0 Å². The Labute approximate surface area is 124 Å². The Balaban J connectivity index is 1.64. The highest BCUT2D eigenvalue weighted by molar-refractivity contribution is 7.99. The van der Waals surface area contributed by atoms with Crippen molar-refractivity contribution in [3.05, 3.63) is 30.1 Å². The van der Waals surface area contributed by atoms with E-state index in [1.165, 1.54) is 25.0 Å². The van der Waals surface area contributed by atoms with Crippen molar-refractivity contribution >= 4 is 17.7 Å². The number of hydrogen-bond acceptors (Lipinski definition) is 2. The largest absolute Gasteiger partial charge is 0.357 e. The van der Waals surface area contributed by atoms with E-state index in [1.807, 2.05) is 12.1 Å². The molecule has 0 bridgehead atoms. The summed E-state index contributed by atoms with van der Waals surface area (Å²) in [5.74, 6) is 1.75. The molecule has 1 aliphatic rings. The summed E-state index contributed by atoms with van der Waals surface area (Å²) in [6.45, 7) is 3.79. The van der Waals surface area contributed by atoms with Crippen molar-refractivity contribution < 1.29 is 4.39 Å². The number of nitrogens with zero attached hydrogens (tertiary/aromatic N) is 1. The maximum Gasteiger partial charge on any atom is 0.191 e. The smallest absolute Gasteiger partial charge is 0.191 e. The zero-order valence-electron chi connectivity index (χ0n) is 11.9. The van der Waals surface area contributed by atoms with Crippen LogP contribution in [0.4, 0.5) is 4.39 Å². The van der Waals surface area contributed by atoms with Gasteiger partial charge in [0.05, 0.1) is 0 Å². The van der Waals surface area contributed by atoms with E-state index in [0.29, 0.717) is 6.04 Å². The Morgan fingerprint density at radius 2 is 2.10 bits per heavy atom. The molecule has 2 rings (SSSR count). The number of nitrogens with one attached hydrogen (secondary N) is 2. The van der Waals surface area contributed by atoms with Gasteiger partial charge in [0.1, 0.15) is 5.82 Å². The van der Waals surface area contributed by atoms with Crippen molar-refractivity contribution in [1.82, 2.24) is 10.6 Å². The Morgan fingerprint density at radius 3 is 2.75 bits per heavy atom. The average molecular weight is 295 g/mol. The van der Waals surface area contributed by atoms with E-state index < -0.39 is 0 Å². The molecule has 0 unspecified atom stereocenters. The van der Waals surface area contributed by atoms with Gasteiger partial charge < -0.3 is 10.6 Å². The average Bonchev–Trinajstić information content (AvgIpc) is 3.24. The monoisotopic (exact) mass is 295 g/mol. The van der Waals surface area contributed by atoms with E-state index >= 15 is 0 Å². The van der Waals surface area contributed by atoms with Crippen molar-refractivity contribution in [1.29, 1.82) is 0 Å². The molecule has 0 spiro atoms. The number of benzene rings is 1.